The predicted octanol–water partition coefficient (Wildman–Crippen LogP) is 2.79. The minimum atomic E-state index is -0.865. The van der Waals surface area contributed by atoms with E-state index in [2.05, 4.69) is 4.98 Å². The molecule has 0 bridgehead atoms. The number of carbonyl (C=O) groups excluding carboxylic acids is 1. The van der Waals surface area contributed by atoms with Crippen molar-refractivity contribution >= 4 is 23.4 Å². The Morgan fingerprint density at radius 2 is 1.92 bits per heavy atom. The maximum atomic E-state index is 12.6. The fraction of sp³-hybridized carbons (Fsp3) is 0.316. The molecule has 1 aliphatic rings. The second kappa shape index (κ2) is 6.55. The monoisotopic (exact) mass is 339 g/mol. The number of hydrogen-bond acceptors (Lipinski definition) is 4. The van der Waals surface area contributed by atoms with Crippen molar-refractivity contribution in [3.63, 3.8) is 0 Å². The minimum absolute atomic E-state index is 0.175. The summed E-state index contributed by atoms with van der Waals surface area (Å²) in [6, 6.07) is 13.4. The molecule has 2 aromatic rings. The van der Waals surface area contributed by atoms with Gasteiger partial charge >= 0.3 is 5.97 Å². The molecule has 25 heavy (non-hydrogen) atoms. The van der Waals surface area contributed by atoms with E-state index in [-0.39, 0.29) is 12.5 Å². The third-order valence-corrected chi connectivity index (χ3v) is 4.76. The molecule has 1 unspecified atom stereocenters. The molecule has 1 saturated heterocycles. The van der Waals surface area contributed by atoms with E-state index in [9.17, 15) is 14.7 Å². The highest BCUT2D eigenvalue weighted by Gasteiger charge is 2.42. The van der Waals surface area contributed by atoms with E-state index in [1.54, 1.807) is 30.2 Å². The largest absolute Gasteiger partial charge is 0.481 e. The normalized spacial score (nSPS) is 19.7. The van der Waals surface area contributed by atoms with Gasteiger partial charge < -0.3 is 14.9 Å². The average molecular weight is 339 g/mol. The number of carboxylic acid groups (broad SMARTS) is 1. The van der Waals surface area contributed by atoms with Crippen molar-refractivity contribution in [1.29, 1.82) is 0 Å². The van der Waals surface area contributed by atoms with Crippen molar-refractivity contribution in [2.24, 2.45) is 5.41 Å². The number of para-hydroxylation sites is 1. The zero-order chi connectivity index (χ0) is 18.0. The number of carbonyl (C=O) groups is 2. The molecule has 1 amide bonds. The standard InChI is InChI=1S/C19H21N3O3/c1-19(18(24)25)10-11-22(13-19)17(23)14-8-9-16(20-12-14)21(2)15-6-4-3-5-7-15/h3-9,12H,10-11,13H2,1-2H3,(H,24,25). The van der Waals surface area contributed by atoms with Crippen LogP contribution in [0.3, 0.4) is 0 Å². The van der Waals surface area contributed by atoms with Crippen molar-refractivity contribution in [1.82, 2.24) is 9.88 Å². The summed E-state index contributed by atoms with van der Waals surface area (Å²) in [5, 5.41) is 9.29. The van der Waals surface area contributed by atoms with E-state index in [0.29, 0.717) is 18.5 Å². The molecule has 3 rings (SSSR count). The first-order chi connectivity index (χ1) is 11.9. The van der Waals surface area contributed by atoms with E-state index in [1.807, 2.05) is 42.3 Å². The molecule has 1 atom stereocenters. The van der Waals surface area contributed by atoms with Gasteiger partial charge in [0.05, 0.1) is 11.0 Å². The number of rotatable bonds is 4. The van der Waals surface area contributed by atoms with Crippen LogP contribution < -0.4 is 4.90 Å². The first kappa shape index (κ1) is 17.0. The highest BCUT2D eigenvalue weighted by atomic mass is 16.4. The molecule has 1 aliphatic heterocycles. The fourth-order valence-electron chi connectivity index (χ4n) is 2.99. The highest BCUT2D eigenvalue weighted by Crippen LogP contribution is 2.31. The summed E-state index contributed by atoms with van der Waals surface area (Å²) in [6.07, 6.45) is 2.02. The molecule has 1 N–H and O–H groups in total. The van der Waals surface area contributed by atoms with Crippen molar-refractivity contribution < 1.29 is 14.7 Å². The van der Waals surface area contributed by atoms with E-state index in [1.165, 1.54) is 0 Å². The lowest BCUT2D eigenvalue weighted by Crippen LogP contribution is -2.34. The van der Waals surface area contributed by atoms with Crippen molar-refractivity contribution in [2.45, 2.75) is 13.3 Å². The number of aliphatic carboxylic acids is 1. The third kappa shape index (κ3) is 3.33. The lowest BCUT2D eigenvalue weighted by Gasteiger charge is -2.21. The smallest absolute Gasteiger partial charge is 0.311 e. The van der Waals surface area contributed by atoms with E-state index >= 15 is 0 Å². The number of likely N-dealkylation sites (tertiary alicyclic amines) is 1. The number of hydrogen-bond donors (Lipinski definition) is 1. The van der Waals surface area contributed by atoms with Gasteiger partial charge in [-0.25, -0.2) is 4.98 Å². The molecule has 0 aliphatic carbocycles. The van der Waals surface area contributed by atoms with Crippen LogP contribution in [0.5, 0.6) is 0 Å². The van der Waals surface area contributed by atoms with Crippen molar-refractivity contribution in [3.8, 4) is 0 Å². The average Bonchev–Trinajstić information content (AvgIpc) is 3.05. The lowest BCUT2D eigenvalue weighted by atomic mass is 9.90. The molecule has 6 heteroatoms. The number of benzene rings is 1. The number of carboxylic acids is 1. The number of pyridine rings is 1. The topological polar surface area (TPSA) is 73.7 Å². The minimum Gasteiger partial charge on any atom is -0.481 e. The van der Waals surface area contributed by atoms with Crippen molar-refractivity contribution in [2.75, 3.05) is 25.0 Å². The summed E-state index contributed by atoms with van der Waals surface area (Å²) in [7, 11) is 1.91. The SMILES string of the molecule is CN(c1ccccc1)c1ccc(C(=O)N2CCC(C)(C(=O)O)C2)cn1. The number of aromatic nitrogens is 1. The second-order valence-corrected chi connectivity index (χ2v) is 6.64. The summed E-state index contributed by atoms with van der Waals surface area (Å²) in [6.45, 7) is 2.36. The summed E-state index contributed by atoms with van der Waals surface area (Å²) >= 11 is 0. The summed E-state index contributed by atoms with van der Waals surface area (Å²) in [5.74, 6) is -0.299. The van der Waals surface area contributed by atoms with Gasteiger partial charge in [-0.3, -0.25) is 9.59 Å². The summed E-state index contributed by atoms with van der Waals surface area (Å²) < 4.78 is 0. The highest BCUT2D eigenvalue weighted by molar-refractivity contribution is 5.95. The Balaban J connectivity index is 1.72. The van der Waals surface area contributed by atoms with Crippen LogP contribution in [0, 0.1) is 5.41 Å². The molecule has 1 aromatic carbocycles. The quantitative estimate of drug-likeness (QED) is 0.927. The van der Waals surface area contributed by atoms with Gasteiger partial charge in [0.25, 0.3) is 5.91 Å². The van der Waals surface area contributed by atoms with Gasteiger partial charge in [-0.1, -0.05) is 18.2 Å². The first-order valence-corrected chi connectivity index (χ1v) is 8.18. The molecule has 2 heterocycles. The van der Waals surface area contributed by atoms with Gasteiger partial charge in [-0.15, -0.1) is 0 Å². The number of anilines is 2. The Hall–Kier alpha value is -2.89. The van der Waals surface area contributed by atoms with Gasteiger partial charge in [-0.2, -0.15) is 0 Å². The van der Waals surface area contributed by atoms with Crippen LogP contribution in [-0.2, 0) is 4.79 Å². The Morgan fingerprint density at radius 3 is 2.48 bits per heavy atom. The molecular formula is C19H21N3O3. The molecule has 6 nitrogen and oxygen atoms in total. The molecule has 130 valence electrons. The van der Waals surface area contributed by atoms with E-state index in [0.717, 1.165) is 11.5 Å². The molecular weight excluding hydrogens is 318 g/mol. The van der Waals surface area contributed by atoms with Gasteiger partial charge in [0.2, 0.25) is 0 Å². The number of amides is 1. The summed E-state index contributed by atoms with van der Waals surface area (Å²) in [4.78, 5) is 31.8. The molecule has 1 aromatic heterocycles. The van der Waals surface area contributed by atoms with Gasteiger partial charge in [-0.05, 0) is 37.6 Å². The zero-order valence-electron chi connectivity index (χ0n) is 14.3. The maximum Gasteiger partial charge on any atom is 0.311 e. The van der Waals surface area contributed by atoms with E-state index in [4.69, 9.17) is 0 Å². The Bertz CT molecular complexity index is 776. The van der Waals surface area contributed by atoms with Crippen LogP contribution >= 0.6 is 0 Å². The van der Waals surface area contributed by atoms with Gasteiger partial charge in [0, 0.05) is 32.0 Å². The van der Waals surface area contributed by atoms with Crippen LogP contribution in [0.15, 0.2) is 48.7 Å². The van der Waals surface area contributed by atoms with Gasteiger partial charge in [0.15, 0.2) is 0 Å². The molecule has 1 fully saturated rings. The van der Waals surface area contributed by atoms with Crippen LogP contribution in [0.4, 0.5) is 11.5 Å². The van der Waals surface area contributed by atoms with Crippen LogP contribution in [0.1, 0.15) is 23.7 Å². The first-order valence-electron chi connectivity index (χ1n) is 8.18. The molecule has 0 spiro atoms. The second-order valence-electron chi connectivity index (χ2n) is 6.64. The van der Waals surface area contributed by atoms with Gasteiger partial charge in [0.1, 0.15) is 5.82 Å². The zero-order valence-corrected chi connectivity index (χ0v) is 14.3. The lowest BCUT2D eigenvalue weighted by molar-refractivity contribution is -0.147. The number of nitrogens with zero attached hydrogens (tertiary/aromatic N) is 3. The molecule has 0 saturated carbocycles. The molecule has 0 radical (unpaired) electrons. The van der Waals surface area contributed by atoms with Crippen LogP contribution in [0.25, 0.3) is 0 Å². The Kier molecular flexibility index (Phi) is 4.44. The Labute approximate surface area is 146 Å². The predicted molar refractivity (Wildman–Crippen MR) is 95.0 cm³/mol. The fourth-order valence-corrected chi connectivity index (χ4v) is 2.99. The Morgan fingerprint density at radius 1 is 1.20 bits per heavy atom. The van der Waals surface area contributed by atoms with Crippen LogP contribution in [-0.4, -0.2) is 47.0 Å². The third-order valence-electron chi connectivity index (χ3n) is 4.76. The summed E-state index contributed by atoms with van der Waals surface area (Å²) in [5.41, 5.74) is 0.613. The maximum absolute atomic E-state index is 12.6. The van der Waals surface area contributed by atoms with Crippen molar-refractivity contribution in [3.05, 3.63) is 54.2 Å². The van der Waals surface area contributed by atoms with Crippen LogP contribution in [0.2, 0.25) is 0 Å². The van der Waals surface area contributed by atoms with E-state index < -0.39 is 11.4 Å².